The summed E-state index contributed by atoms with van der Waals surface area (Å²) < 4.78 is 26.2. The van der Waals surface area contributed by atoms with Crippen LogP contribution < -0.4 is 5.32 Å². The van der Waals surface area contributed by atoms with Crippen LogP contribution in [0.25, 0.3) is 0 Å². The summed E-state index contributed by atoms with van der Waals surface area (Å²) in [5, 5.41) is 2.46. The lowest BCUT2D eigenvalue weighted by Crippen LogP contribution is -2.12. The molecule has 0 saturated carbocycles. The van der Waals surface area contributed by atoms with Crippen molar-refractivity contribution in [3.63, 3.8) is 0 Å². The van der Waals surface area contributed by atoms with Gasteiger partial charge in [0.25, 0.3) is 5.91 Å². The fourth-order valence-corrected chi connectivity index (χ4v) is 2.16. The Morgan fingerprint density at radius 1 is 1.16 bits per heavy atom. The first kappa shape index (κ1) is 14.0. The molecule has 0 fully saturated rings. The third-order valence-corrected chi connectivity index (χ3v) is 3.30. The summed E-state index contributed by atoms with van der Waals surface area (Å²) in [7, 11) is 0. The molecule has 0 radical (unpaired) electrons. The van der Waals surface area contributed by atoms with E-state index in [-0.39, 0.29) is 10.6 Å². The maximum atomic E-state index is 13.0. The van der Waals surface area contributed by atoms with Crippen LogP contribution in [0.1, 0.15) is 10.4 Å². The summed E-state index contributed by atoms with van der Waals surface area (Å²) in [4.78, 5) is 11.9. The van der Waals surface area contributed by atoms with Crippen LogP contribution in [0.15, 0.2) is 40.9 Å². The Labute approximate surface area is 121 Å². The van der Waals surface area contributed by atoms with E-state index in [1.54, 1.807) is 0 Å². The van der Waals surface area contributed by atoms with Gasteiger partial charge in [0.2, 0.25) is 0 Å². The Hall–Kier alpha value is -1.46. The fourth-order valence-electron chi connectivity index (χ4n) is 1.45. The maximum absolute atomic E-state index is 13.0. The first-order valence-electron chi connectivity index (χ1n) is 5.19. The van der Waals surface area contributed by atoms with Gasteiger partial charge in [0, 0.05) is 10.2 Å². The van der Waals surface area contributed by atoms with Gasteiger partial charge in [-0.1, -0.05) is 11.6 Å². The number of anilines is 1. The molecular formula is C13H7BrClF2NO. The van der Waals surface area contributed by atoms with Crippen LogP contribution in [-0.4, -0.2) is 5.91 Å². The van der Waals surface area contributed by atoms with Gasteiger partial charge in [-0.2, -0.15) is 0 Å². The van der Waals surface area contributed by atoms with Gasteiger partial charge in [-0.15, -0.1) is 0 Å². The molecule has 0 aliphatic rings. The highest BCUT2D eigenvalue weighted by atomic mass is 79.9. The molecule has 1 N–H and O–H groups in total. The Morgan fingerprint density at radius 3 is 2.53 bits per heavy atom. The molecule has 0 saturated heterocycles. The second kappa shape index (κ2) is 5.67. The highest BCUT2D eigenvalue weighted by Crippen LogP contribution is 2.22. The van der Waals surface area contributed by atoms with Crippen LogP contribution in [-0.2, 0) is 0 Å². The number of nitrogens with one attached hydrogen (secondary N) is 1. The second-order valence-corrected chi connectivity index (χ2v) is 4.97. The van der Waals surface area contributed by atoms with E-state index in [4.69, 9.17) is 11.6 Å². The summed E-state index contributed by atoms with van der Waals surface area (Å²) in [6.07, 6.45) is 0. The van der Waals surface area contributed by atoms with Crippen molar-refractivity contribution >= 4 is 39.1 Å². The number of carbonyl (C=O) groups is 1. The molecule has 2 aromatic carbocycles. The number of halogens is 4. The average molecular weight is 347 g/mol. The van der Waals surface area contributed by atoms with Crippen molar-refractivity contribution in [1.29, 1.82) is 0 Å². The van der Waals surface area contributed by atoms with Crippen molar-refractivity contribution in [2.24, 2.45) is 0 Å². The lowest BCUT2D eigenvalue weighted by Gasteiger charge is -2.07. The lowest BCUT2D eigenvalue weighted by molar-refractivity contribution is 0.102. The van der Waals surface area contributed by atoms with E-state index in [1.165, 1.54) is 30.3 Å². The summed E-state index contributed by atoms with van der Waals surface area (Å²) in [5.74, 6) is -1.47. The van der Waals surface area contributed by atoms with Gasteiger partial charge in [-0.05, 0) is 52.3 Å². The molecule has 2 nitrogen and oxygen atoms in total. The quantitative estimate of drug-likeness (QED) is 0.844. The van der Waals surface area contributed by atoms with Crippen molar-refractivity contribution in [2.45, 2.75) is 0 Å². The third kappa shape index (κ3) is 3.30. The number of benzene rings is 2. The molecular weight excluding hydrogens is 340 g/mol. The van der Waals surface area contributed by atoms with E-state index in [1.807, 2.05) is 0 Å². The number of carbonyl (C=O) groups excluding carboxylic acids is 1. The molecule has 1 amide bonds. The normalized spacial score (nSPS) is 10.3. The highest BCUT2D eigenvalue weighted by molar-refractivity contribution is 9.10. The number of hydrogen-bond acceptors (Lipinski definition) is 1. The third-order valence-electron chi connectivity index (χ3n) is 2.35. The minimum Gasteiger partial charge on any atom is -0.322 e. The number of amides is 1. The number of rotatable bonds is 2. The van der Waals surface area contributed by atoms with Crippen molar-refractivity contribution in [3.8, 4) is 0 Å². The van der Waals surface area contributed by atoms with E-state index in [0.29, 0.717) is 10.2 Å². The first-order chi connectivity index (χ1) is 8.97. The van der Waals surface area contributed by atoms with Gasteiger partial charge >= 0.3 is 0 Å². The molecule has 98 valence electrons. The topological polar surface area (TPSA) is 29.1 Å². The molecule has 0 atom stereocenters. The predicted octanol–water partition coefficient (Wildman–Crippen LogP) is 4.63. The van der Waals surface area contributed by atoms with E-state index >= 15 is 0 Å². The van der Waals surface area contributed by atoms with E-state index in [0.717, 1.165) is 6.07 Å². The Balaban J connectivity index is 2.23. The molecule has 0 spiro atoms. The molecule has 19 heavy (non-hydrogen) atoms. The summed E-state index contributed by atoms with van der Waals surface area (Å²) in [6.45, 7) is 0. The van der Waals surface area contributed by atoms with Gasteiger partial charge in [-0.25, -0.2) is 8.78 Å². The van der Waals surface area contributed by atoms with Gasteiger partial charge < -0.3 is 5.32 Å². The Morgan fingerprint density at radius 2 is 1.89 bits per heavy atom. The SMILES string of the molecule is O=C(Nc1ccc(F)c(Cl)c1)c1ccc(F)cc1Br. The zero-order chi connectivity index (χ0) is 14.0. The molecule has 0 aliphatic carbocycles. The van der Waals surface area contributed by atoms with Gasteiger partial charge in [0.05, 0.1) is 10.6 Å². The molecule has 0 aliphatic heterocycles. The summed E-state index contributed by atoms with van der Waals surface area (Å²) in [6, 6.07) is 7.55. The largest absolute Gasteiger partial charge is 0.322 e. The van der Waals surface area contributed by atoms with Crippen LogP contribution in [0.4, 0.5) is 14.5 Å². The molecule has 2 aromatic rings. The Kier molecular flexibility index (Phi) is 4.17. The Bertz CT molecular complexity index is 649. The average Bonchev–Trinajstić information content (AvgIpc) is 2.33. The van der Waals surface area contributed by atoms with E-state index in [2.05, 4.69) is 21.2 Å². The smallest absolute Gasteiger partial charge is 0.256 e. The van der Waals surface area contributed by atoms with Crippen molar-refractivity contribution in [3.05, 3.63) is 63.1 Å². The van der Waals surface area contributed by atoms with Gasteiger partial charge in [-0.3, -0.25) is 4.79 Å². The lowest BCUT2D eigenvalue weighted by atomic mass is 10.2. The van der Waals surface area contributed by atoms with Gasteiger partial charge in [0.15, 0.2) is 0 Å². The van der Waals surface area contributed by atoms with Crippen molar-refractivity contribution in [1.82, 2.24) is 0 Å². The zero-order valence-electron chi connectivity index (χ0n) is 9.38. The second-order valence-electron chi connectivity index (χ2n) is 3.71. The first-order valence-corrected chi connectivity index (χ1v) is 6.36. The van der Waals surface area contributed by atoms with E-state index < -0.39 is 17.5 Å². The minimum atomic E-state index is -0.567. The molecule has 6 heteroatoms. The van der Waals surface area contributed by atoms with Crippen LogP contribution in [0, 0.1) is 11.6 Å². The standard InChI is InChI=1S/C13H7BrClF2NO/c14-10-5-7(16)1-3-9(10)13(19)18-8-2-4-12(17)11(15)6-8/h1-6H,(H,18,19). The van der Waals surface area contributed by atoms with Crippen molar-refractivity contribution < 1.29 is 13.6 Å². The van der Waals surface area contributed by atoms with Gasteiger partial charge in [0.1, 0.15) is 11.6 Å². The highest BCUT2D eigenvalue weighted by Gasteiger charge is 2.11. The van der Waals surface area contributed by atoms with Crippen LogP contribution in [0.2, 0.25) is 5.02 Å². The van der Waals surface area contributed by atoms with E-state index in [9.17, 15) is 13.6 Å². The molecule has 0 aromatic heterocycles. The molecule has 0 bridgehead atoms. The van der Waals surface area contributed by atoms with Crippen LogP contribution in [0.3, 0.4) is 0 Å². The molecule has 0 unspecified atom stereocenters. The summed E-state index contributed by atoms with van der Waals surface area (Å²) in [5.41, 5.74) is 0.620. The maximum Gasteiger partial charge on any atom is 0.256 e. The fraction of sp³-hybridized carbons (Fsp3) is 0. The number of hydrogen-bond donors (Lipinski definition) is 1. The zero-order valence-corrected chi connectivity index (χ0v) is 11.7. The van der Waals surface area contributed by atoms with Crippen LogP contribution >= 0.6 is 27.5 Å². The molecule has 0 heterocycles. The minimum absolute atomic E-state index is 0.0871. The summed E-state index contributed by atoms with van der Waals surface area (Å²) >= 11 is 8.71. The predicted molar refractivity (Wildman–Crippen MR) is 73.5 cm³/mol. The molecule has 2 rings (SSSR count). The van der Waals surface area contributed by atoms with Crippen LogP contribution in [0.5, 0.6) is 0 Å². The monoisotopic (exact) mass is 345 g/mol. The van der Waals surface area contributed by atoms with Crippen molar-refractivity contribution in [2.75, 3.05) is 5.32 Å².